The van der Waals surface area contributed by atoms with Gasteiger partial charge >= 0.3 is 0 Å². The Labute approximate surface area is 106 Å². The molecular weight excluding hydrogens is 234 g/mol. The molecule has 0 spiro atoms. The van der Waals surface area contributed by atoms with E-state index in [2.05, 4.69) is 15.7 Å². The van der Waals surface area contributed by atoms with Crippen molar-refractivity contribution in [3.8, 4) is 0 Å². The third-order valence-corrected chi connectivity index (χ3v) is 2.21. The van der Waals surface area contributed by atoms with Crippen molar-refractivity contribution in [1.29, 1.82) is 0 Å². The van der Waals surface area contributed by atoms with Crippen LogP contribution in [-0.4, -0.2) is 34.7 Å². The fourth-order valence-electron chi connectivity index (χ4n) is 1.34. The van der Waals surface area contributed by atoms with E-state index in [9.17, 15) is 9.59 Å². The summed E-state index contributed by atoms with van der Waals surface area (Å²) in [5, 5.41) is 9.27. The van der Waals surface area contributed by atoms with Crippen LogP contribution in [0, 0.1) is 0 Å². The maximum absolute atomic E-state index is 11.5. The number of nitrogens with two attached hydrogens (primary N) is 1. The van der Waals surface area contributed by atoms with E-state index in [1.807, 2.05) is 6.92 Å². The van der Waals surface area contributed by atoms with Crippen LogP contribution in [0.4, 0.5) is 5.69 Å². The Morgan fingerprint density at radius 2 is 2.06 bits per heavy atom. The van der Waals surface area contributed by atoms with E-state index >= 15 is 0 Å². The van der Waals surface area contributed by atoms with E-state index < -0.39 is 0 Å². The number of nitrogens with zero attached hydrogens (tertiary/aromatic N) is 2. The second kappa shape index (κ2) is 7.31. The van der Waals surface area contributed by atoms with E-state index in [0.29, 0.717) is 18.8 Å². The van der Waals surface area contributed by atoms with Crippen molar-refractivity contribution in [1.82, 2.24) is 20.4 Å². The lowest BCUT2D eigenvalue weighted by Crippen LogP contribution is -2.32. The summed E-state index contributed by atoms with van der Waals surface area (Å²) in [6.07, 6.45) is 4.24. The van der Waals surface area contributed by atoms with Gasteiger partial charge in [-0.3, -0.25) is 14.3 Å². The Bertz CT molecular complexity index is 402. The third-order valence-electron chi connectivity index (χ3n) is 2.21. The Kier molecular flexibility index (Phi) is 5.69. The number of carbonyl (C=O) groups is 2. The summed E-state index contributed by atoms with van der Waals surface area (Å²) in [6, 6.07) is 0. The molecule has 0 aliphatic carbocycles. The number of aromatic nitrogens is 2. The Morgan fingerprint density at radius 3 is 2.67 bits per heavy atom. The number of amides is 2. The number of carbonyl (C=O) groups excluding carboxylic acids is 2. The average Bonchev–Trinajstić information content (AvgIpc) is 2.72. The highest BCUT2D eigenvalue weighted by Crippen LogP contribution is 1.96. The van der Waals surface area contributed by atoms with Gasteiger partial charge in [0.1, 0.15) is 6.54 Å². The van der Waals surface area contributed by atoms with Gasteiger partial charge in [0, 0.05) is 25.7 Å². The molecule has 0 atom stereocenters. The summed E-state index contributed by atoms with van der Waals surface area (Å²) in [5.74, 6) is -0.248. The molecule has 0 saturated carbocycles. The summed E-state index contributed by atoms with van der Waals surface area (Å²) >= 11 is 0. The first-order valence-corrected chi connectivity index (χ1v) is 5.93. The molecule has 1 rings (SSSR count). The van der Waals surface area contributed by atoms with Gasteiger partial charge in [0.05, 0.1) is 11.9 Å². The molecule has 0 aliphatic heterocycles. The van der Waals surface area contributed by atoms with Crippen molar-refractivity contribution in [3.63, 3.8) is 0 Å². The van der Waals surface area contributed by atoms with Crippen LogP contribution in [0.15, 0.2) is 12.4 Å². The molecule has 1 aromatic rings. The number of nitrogens with one attached hydrogen (secondary N) is 2. The van der Waals surface area contributed by atoms with E-state index in [1.165, 1.54) is 10.9 Å². The SMILES string of the molecule is CCCNC(=O)CCNC(=O)Cn1cc(N)cn1. The Morgan fingerprint density at radius 1 is 1.33 bits per heavy atom. The van der Waals surface area contributed by atoms with E-state index in [1.54, 1.807) is 6.20 Å². The molecule has 1 heterocycles. The normalized spacial score (nSPS) is 10.1. The van der Waals surface area contributed by atoms with Crippen molar-refractivity contribution in [2.45, 2.75) is 26.3 Å². The molecule has 0 saturated heterocycles. The molecule has 0 unspecified atom stereocenters. The maximum Gasteiger partial charge on any atom is 0.241 e. The molecule has 1 aromatic heterocycles. The highest BCUT2D eigenvalue weighted by atomic mass is 16.2. The maximum atomic E-state index is 11.5. The van der Waals surface area contributed by atoms with Crippen molar-refractivity contribution in [3.05, 3.63) is 12.4 Å². The molecule has 100 valence electrons. The number of anilines is 1. The van der Waals surface area contributed by atoms with Crippen LogP contribution in [0.1, 0.15) is 19.8 Å². The van der Waals surface area contributed by atoms with Gasteiger partial charge in [0.25, 0.3) is 0 Å². The summed E-state index contributed by atoms with van der Waals surface area (Å²) in [6.45, 7) is 3.08. The van der Waals surface area contributed by atoms with Gasteiger partial charge in [-0.15, -0.1) is 0 Å². The van der Waals surface area contributed by atoms with E-state index in [-0.39, 0.29) is 24.8 Å². The van der Waals surface area contributed by atoms with E-state index in [4.69, 9.17) is 5.73 Å². The first-order valence-electron chi connectivity index (χ1n) is 5.93. The molecule has 4 N–H and O–H groups in total. The van der Waals surface area contributed by atoms with Crippen LogP contribution in [0.3, 0.4) is 0 Å². The largest absolute Gasteiger partial charge is 0.396 e. The summed E-state index contributed by atoms with van der Waals surface area (Å²) < 4.78 is 1.45. The van der Waals surface area contributed by atoms with Gasteiger partial charge in [0.2, 0.25) is 11.8 Å². The standard InChI is InChI=1S/C11H19N5O2/c1-2-4-13-10(17)3-5-14-11(18)8-16-7-9(12)6-15-16/h6-7H,2-5,8,12H2,1H3,(H,13,17)(H,14,18). The van der Waals surface area contributed by atoms with Crippen LogP contribution < -0.4 is 16.4 Å². The minimum atomic E-state index is -0.193. The summed E-state index contributed by atoms with van der Waals surface area (Å²) in [7, 11) is 0. The molecule has 0 aliphatic rings. The van der Waals surface area contributed by atoms with E-state index in [0.717, 1.165) is 6.42 Å². The molecule has 18 heavy (non-hydrogen) atoms. The molecule has 0 aromatic carbocycles. The second-order valence-corrected chi connectivity index (χ2v) is 3.92. The van der Waals surface area contributed by atoms with Crippen molar-refractivity contribution >= 4 is 17.5 Å². The summed E-state index contributed by atoms with van der Waals surface area (Å²) in [5.41, 5.74) is 5.99. The molecule has 0 fully saturated rings. The van der Waals surface area contributed by atoms with Crippen LogP contribution in [0.5, 0.6) is 0 Å². The monoisotopic (exact) mass is 253 g/mol. The number of hydrogen-bond donors (Lipinski definition) is 3. The quantitative estimate of drug-likeness (QED) is 0.609. The van der Waals surface area contributed by atoms with Crippen LogP contribution in [0.25, 0.3) is 0 Å². The number of hydrogen-bond acceptors (Lipinski definition) is 4. The highest BCUT2D eigenvalue weighted by Gasteiger charge is 2.05. The van der Waals surface area contributed by atoms with Gasteiger partial charge in [-0.2, -0.15) is 5.10 Å². The lowest BCUT2D eigenvalue weighted by molar-refractivity contribution is -0.122. The molecule has 0 radical (unpaired) electrons. The van der Waals surface area contributed by atoms with Gasteiger partial charge in [-0.25, -0.2) is 0 Å². The molecule has 7 nitrogen and oxygen atoms in total. The Hall–Kier alpha value is -2.05. The minimum absolute atomic E-state index is 0.0551. The van der Waals surface area contributed by atoms with Crippen molar-refractivity contribution < 1.29 is 9.59 Å². The van der Waals surface area contributed by atoms with Crippen LogP contribution in [-0.2, 0) is 16.1 Å². The number of nitrogen functional groups attached to an aromatic ring is 1. The molecule has 7 heteroatoms. The van der Waals surface area contributed by atoms with Gasteiger partial charge in [-0.1, -0.05) is 6.92 Å². The lowest BCUT2D eigenvalue weighted by Gasteiger charge is -2.06. The fourth-order valence-corrected chi connectivity index (χ4v) is 1.34. The second-order valence-electron chi connectivity index (χ2n) is 3.92. The van der Waals surface area contributed by atoms with Gasteiger partial charge in [0.15, 0.2) is 0 Å². The van der Waals surface area contributed by atoms with Gasteiger partial charge < -0.3 is 16.4 Å². The highest BCUT2D eigenvalue weighted by molar-refractivity contribution is 5.78. The Balaban J connectivity index is 2.15. The molecular formula is C11H19N5O2. The predicted octanol–water partition coefficient (Wildman–Crippen LogP) is -0.502. The topological polar surface area (TPSA) is 102 Å². The summed E-state index contributed by atoms with van der Waals surface area (Å²) in [4.78, 5) is 22.7. The smallest absolute Gasteiger partial charge is 0.241 e. The first kappa shape index (κ1) is 14.0. The van der Waals surface area contributed by atoms with Gasteiger partial charge in [-0.05, 0) is 6.42 Å². The zero-order valence-electron chi connectivity index (χ0n) is 10.5. The van der Waals surface area contributed by atoms with Crippen molar-refractivity contribution in [2.75, 3.05) is 18.8 Å². The minimum Gasteiger partial charge on any atom is -0.396 e. The van der Waals surface area contributed by atoms with Crippen molar-refractivity contribution in [2.24, 2.45) is 0 Å². The zero-order chi connectivity index (χ0) is 13.4. The predicted molar refractivity (Wildman–Crippen MR) is 67.6 cm³/mol. The molecule has 0 bridgehead atoms. The molecule has 2 amide bonds. The third kappa shape index (κ3) is 5.33. The zero-order valence-corrected chi connectivity index (χ0v) is 10.5. The fraction of sp³-hybridized carbons (Fsp3) is 0.545. The average molecular weight is 253 g/mol. The first-order chi connectivity index (χ1) is 8.61. The number of rotatable bonds is 7. The lowest BCUT2D eigenvalue weighted by atomic mass is 10.3. The van der Waals surface area contributed by atoms with Crippen LogP contribution >= 0.6 is 0 Å². The van der Waals surface area contributed by atoms with Crippen LogP contribution in [0.2, 0.25) is 0 Å².